The first-order valence-corrected chi connectivity index (χ1v) is 3.97. The third-order valence-corrected chi connectivity index (χ3v) is 1.97. The van der Waals surface area contributed by atoms with Crippen LogP contribution in [0, 0.1) is 11.6 Å². The average Bonchev–Trinajstić information content (AvgIpc) is 1.99. The molecule has 0 saturated carbocycles. The van der Waals surface area contributed by atoms with Crippen molar-refractivity contribution >= 4 is 21.7 Å². The topological polar surface area (TPSA) is 17.1 Å². The molecule has 1 rings (SSSR count). The van der Waals surface area contributed by atoms with Gasteiger partial charge in [0.15, 0.2) is 17.4 Å². The van der Waals surface area contributed by atoms with Crippen LogP contribution in [-0.2, 0) is 0 Å². The lowest BCUT2D eigenvalue weighted by atomic mass is 10.1. The number of ketones is 1. The number of benzene rings is 1. The number of carbonyl (C=O) groups is 1. The third kappa shape index (κ3) is 1.69. The fraction of sp³-hybridized carbons (Fsp3) is 0.125. The van der Waals surface area contributed by atoms with Crippen LogP contribution >= 0.6 is 15.9 Å². The predicted molar refractivity (Wildman–Crippen MR) is 44.1 cm³/mol. The SMILES string of the molecule is CC(=O)c1cc(F)c(F)c(Br)c1. The van der Waals surface area contributed by atoms with Crippen LogP contribution in [0.15, 0.2) is 16.6 Å². The highest BCUT2D eigenvalue weighted by molar-refractivity contribution is 9.10. The number of Topliss-reactive ketones (excluding diaryl/α,β-unsaturated/α-hetero) is 1. The lowest BCUT2D eigenvalue weighted by Gasteiger charge is -1.99. The quantitative estimate of drug-likeness (QED) is 0.540. The molecular formula is C8H5BrF2O. The van der Waals surface area contributed by atoms with Crippen molar-refractivity contribution in [2.45, 2.75) is 6.92 Å². The Bertz CT molecular complexity index is 313. The van der Waals surface area contributed by atoms with Crippen LogP contribution in [0.25, 0.3) is 0 Å². The summed E-state index contributed by atoms with van der Waals surface area (Å²) in [5, 5.41) is 0. The molecule has 0 fully saturated rings. The smallest absolute Gasteiger partial charge is 0.173 e. The van der Waals surface area contributed by atoms with Crippen molar-refractivity contribution in [2.24, 2.45) is 0 Å². The van der Waals surface area contributed by atoms with E-state index in [1.54, 1.807) is 0 Å². The Morgan fingerprint density at radius 2 is 2.00 bits per heavy atom. The minimum absolute atomic E-state index is 0.0345. The molecule has 12 heavy (non-hydrogen) atoms. The van der Waals surface area contributed by atoms with E-state index in [4.69, 9.17) is 0 Å². The van der Waals surface area contributed by atoms with Crippen LogP contribution in [0.5, 0.6) is 0 Å². The van der Waals surface area contributed by atoms with Gasteiger partial charge in [0.2, 0.25) is 0 Å². The summed E-state index contributed by atoms with van der Waals surface area (Å²) in [5.41, 5.74) is 0.153. The molecule has 0 radical (unpaired) electrons. The maximum absolute atomic E-state index is 12.6. The molecule has 0 atom stereocenters. The van der Waals surface area contributed by atoms with E-state index >= 15 is 0 Å². The summed E-state index contributed by atoms with van der Waals surface area (Å²) < 4.78 is 25.2. The highest BCUT2D eigenvalue weighted by Crippen LogP contribution is 2.20. The van der Waals surface area contributed by atoms with Crippen molar-refractivity contribution in [3.63, 3.8) is 0 Å². The van der Waals surface area contributed by atoms with Crippen molar-refractivity contribution in [2.75, 3.05) is 0 Å². The van der Waals surface area contributed by atoms with Gasteiger partial charge in [-0.05, 0) is 35.0 Å². The Morgan fingerprint density at radius 1 is 1.42 bits per heavy atom. The number of rotatable bonds is 1. The van der Waals surface area contributed by atoms with Crippen molar-refractivity contribution < 1.29 is 13.6 Å². The molecule has 0 amide bonds. The predicted octanol–water partition coefficient (Wildman–Crippen LogP) is 2.93. The number of hydrogen-bond acceptors (Lipinski definition) is 1. The van der Waals surface area contributed by atoms with Crippen molar-refractivity contribution in [1.82, 2.24) is 0 Å². The molecule has 0 spiro atoms. The second-order valence-corrected chi connectivity index (χ2v) is 3.16. The first-order chi connectivity index (χ1) is 5.52. The van der Waals surface area contributed by atoms with Crippen LogP contribution in [0.4, 0.5) is 8.78 Å². The Balaban J connectivity index is 3.31. The lowest BCUT2D eigenvalue weighted by molar-refractivity contribution is 0.101. The van der Waals surface area contributed by atoms with Crippen LogP contribution in [0.1, 0.15) is 17.3 Å². The molecule has 0 aliphatic heterocycles. The van der Waals surface area contributed by atoms with E-state index < -0.39 is 11.6 Å². The average molecular weight is 235 g/mol. The molecule has 0 N–H and O–H groups in total. The normalized spacial score (nSPS) is 10.0. The van der Waals surface area contributed by atoms with Gasteiger partial charge >= 0.3 is 0 Å². The van der Waals surface area contributed by atoms with Gasteiger partial charge in [0.25, 0.3) is 0 Å². The zero-order valence-electron chi connectivity index (χ0n) is 6.20. The molecule has 0 aromatic heterocycles. The van der Waals surface area contributed by atoms with E-state index in [2.05, 4.69) is 15.9 Å². The summed E-state index contributed by atoms with van der Waals surface area (Å²) in [7, 11) is 0. The van der Waals surface area contributed by atoms with E-state index in [0.717, 1.165) is 6.07 Å². The summed E-state index contributed by atoms with van der Waals surface area (Å²) in [5.74, 6) is -2.29. The molecular weight excluding hydrogens is 230 g/mol. The molecule has 64 valence electrons. The van der Waals surface area contributed by atoms with Crippen molar-refractivity contribution in [3.05, 3.63) is 33.8 Å². The number of carbonyl (C=O) groups excluding carboxylic acids is 1. The minimum atomic E-state index is -1.02. The lowest BCUT2D eigenvalue weighted by Crippen LogP contribution is -1.96. The highest BCUT2D eigenvalue weighted by atomic mass is 79.9. The molecule has 0 unspecified atom stereocenters. The molecule has 0 bridgehead atoms. The van der Waals surface area contributed by atoms with Crippen LogP contribution < -0.4 is 0 Å². The second kappa shape index (κ2) is 3.31. The Morgan fingerprint density at radius 3 is 2.42 bits per heavy atom. The van der Waals surface area contributed by atoms with Crippen molar-refractivity contribution in [3.8, 4) is 0 Å². The van der Waals surface area contributed by atoms with E-state index in [-0.39, 0.29) is 15.8 Å². The van der Waals surface area contributed by atoms with Gasteiger partial charge in [-0.1, -0.05) is 0 Å². The molecule has 1 aromatic carbocycles. The van der Waals surface area contributed by atoms with Gasteiger partial charge in [-0.2, -0.15) is 0 Å². The third-order valence-electron chi connectivity index (χ3n) is 1.39. The van der Waals surface area contributed by atoms with Gasteiger partial charge < -0.3 is 0 Å². The van der Waals surface area contributed by atoms with Crippen molar-refractivity contribution in [1.29, 1.82) is 0 Å². The van der Waals surface area contributed by atoms with Gasteiger partial charge in [0.1, 0.15) is 0 Å². The Kier molecular flexibility index (Phi) is 2.57. The molecule has 0 aliphatic rings. The monoisotopic (exact) mass is 234 g/mol. The standard InChI is InChI=1S/C8H5BrF2O/c1-4(12)5-2-6(9)8(11)7(10)3-5/h2-3H,1H3. The summed E-state index contributed by atoms with van der Waals surface area (Å²) in [6.45, 7) is 1.29. The molecule has 0 aliphatic carbocycles. The van der Waals surface area contributed by atoms with E-state index in [1.807, 2.05) is 0 Å². The van der Waals surface area contributed by atoms with E-state index in [9.17, 15) is 13.6 Å². The highest BCUT2D eigenvalue weighted by Gasteiger charge is 2.10. The molecule has 1 nitrogen and oxygen atoms in total. The minimum Gasteiger partial charge on any atom is -0.295 e. The summed E-state index contributed by atoms with van der Waals surface area (Å²) in [6.07, 6.45) is 0. The molecule has 4 heteroatoms. The maximum Gasteiger partial charge on any atom is 0.173 e. The first-order valence-electron chi connectivity index (χ1n) is 3.18. The van der Waals surface area contributed by atoms with Crippen LogP contribution in [0.3, 0.4) is 0 Å². The fourth-order valence-electron chi connectivity index (χ4n) is 0.759. The summed E-state index contributed by atoms with van der Waals surface area (Å²) in [6, 6.07) is 2.13. The molecule has 0 saturated heterocycles. The summed E-state index contributed by atoms with van der Waals surface area (Å²) >= 11 is 2.80. The van der Waals surface area contributed by atoms with E-state index in [1.165, 1.54) is 13.0 Å². The Hall–Kier alpha value is -0.770. The van der Waals surface area contributed by atoms with Gasteiger partial charge in [0, 0.05) is 5.56 Å². The van der Waals surface area contributed by atoms with Crippen LogP contribution in [-0.4, -0.2) is 5.78 Å². The van der Waals surface area contributed by atoms with Gasteiger partial charge in [0.05, 0.1) is 4.47 Å². The Labute approximate surface area is 76.5 Å². The number of halogens is 3. The van der Waals surface area contributed by atoms with E-state index in [0.29, 0.717) is 0 Å². The fourth-order valence-corrected chi connectivity index (χ4v) is 1.19. The first kappa shape index (κ1) is 9.32. The largest absolute Gasteiger partial charge is 0.295 e. The summed E-state index contributed by atoms with van der Waals surface area (Å²) in [4.78, 5) is 10.8. The van der Waals surface area contributed by atoms with Gasteiger partial charge in [-0.3, -0.25) is 4.79 Å². The van der Waals surface area contributed by atoms with Crippen LogP contribution in [0.2, 0.25) is 0 Å². The van der Waals surface area contributed by atoms with Gasteiger partial charge in [-0.15, -0.1) is 0 Å². The maximum atomic E-state index is 12.6. The number of hydrogen-bond donors (Lipinski definition) is 0. The zero-order chi connectivity index (χ0) is 9.30. The van der Waals surface area contributed by atoms with Gasteiger partial charge in [-0.25, -0.2) is 8.78 Å². The molecule has 0 heterocycles. The zero-order valence-corrected chi connectivity index (χ0v) is 7.78. The second-order valence-electron chi connectivity index (χ2n) is 2.31. The molecule has 1 aromatic rings.